The number of ether oxygens (including phenoxy) is 1. The molecule has 1 aromatic carbocycles. The van der Waals surface area contributed by atoms with E-state index in [9.17, 15) is 9.59 Å². The fourth-order valence-corrected chi connectivity index (χ4v) is 3.21. The van der Waals surface area contributed by atoms with Gasteiger partial charge < -0.3 is 9.64 Å². The molecule has 0 N–H and O–H groups in total. The van der Waals surface area contributed by atoms with Crippen molar-refractivity contribution in [1.29, 1.82) is 0 Å². The quantitative estimate of drug-likeness (QED) is 0.758. The van der Waals surface area contributed by atoms with E-state index in [1.807, 2.05) is 18.2 Å². The van der Waals surface area contributed by atoms with Crippen molar-refractivity contribution in [2.75, 3.05) is 13.7 Å². The van der Waals surface area contributed by atoms with Crippen LogP contribution in [0.2, 0.25) is 0 Å². The number of pyridine rings is 1. The predicted molar refractivity (Wildman–Crippen MR) is 88.2 cm³/mol. The second-order valence-corrected chi connectivity index (χ2v) is 6.13. The number of carbonyl (C=O) groups is 2. The fraction of sp³-hybridized carbons (Fsp3) is 0.235. The molecule has 0 saturated heterocycles. The normalized spacial score (nSPS) is 13.4. The second kappa shape index (κ2) is 6.50. The number of rotatable bonds is 2. The molecule has 0 bridgehead atoms. The molecule has 3 rings (SSSR count). The lowest BCUT2D eigenvalue weighted by atomic mass is 9.96. The molecule has 0 spiro atoms. The lowest BCUT2D eigenvalue weighted by Gasteiger charge is -2.29. The molecule has 0 unspecified atom stereocenters. The molecule has 1 aliphatic heterocycles. The Hall–Kier alpha value is -2.21. The van der Waals surface area contributed by atoms with Crippen LogP contribution in [0.15, 0.2) is 41.1 Å². The maximum Gasteiger partial charge on any atom is 0.339 e. The van der Waals surface area contributed by atoms with Gasteiger partial charge in [-0.25, -0.2) is 4.79 Å². The highest BCUT2D eigenvalue weighted by Gasteiger charge is 2.26. The molecular formula is C17H15BrN2O3. The van der Waals surface area contributed by atoms with Crippen molar-refractivity contribution in [3.8, 4) is 0 Å². The molecule has 0 radical (unpaired) electrons. The number of methoxy groups -OCH3 is 1. The van der Waals surface area contributed by atoms with Crippen LogP contribution in [0.4, 0.5) is 0 Å². The first-order valence-corrected chi connectivity index (χ1v) is 7.99. The van der Waals surface area contributed by atoms with Crippen molar-refractivity contribution < 1.29 is 14.3 Å². The molecule has 0 saturated carbocycles. The van der Waals surface area contributed by atoms with E-state index < -0.39 is 0 Å². The van der Waals surface area contributed by atoms with E-state index in [0.29, 0.717) is 30.6 Å². The monoisotopic (exact) mass is 374 g/mol. The molecule has 0 fully saturated rings. The highest BCUT2D eigenvalue weighted by Crippen LogP contribution is 2.25. The van der Waals surface area contributed by atoms with E-state index in [-0.39, 0.29) is 11.9 Å². The number of carbonyl (C=O) groups excluding carboxylic acids is 2. The summed E-state index contributed by atoms with van der Waals surface area (Å²) in [4.78, 5) is 30.4. The van der Waals surface area contributed by atoms with Gasteiger partial charge in [0, 0.05) is 30.0 Å². The molecule has 2 heterocycles. The van der Waals surface area contributed by atoms with Gasteiger partial charge >= 0.3 is 5.97 Å². The number of hydrogen-bond donors (Lipinski definition) is 0. The van der Waals surface area contributed by atoms with Crippen LogP contribution in [0.3, 0.4) is 0 Å². The predicted octanol–water partition coefficient (Wildman–Crippen LogP) is 2.83. The molecule has 0 atom stereocenters. The molecule has 2 aromatic rings. The molecule has 118 valence electrons. The number of fused-ring (bicyclic) bond motifs is 1. The van der Waals surface area contributed by atoms with Gasteiger partial charge in [0.15, 0.2) is 0 Å². The fourth-order valence-electron chi connectivity index (χ4n) is 2.76. The van der Waals surface area contributed by atoms with Gasteiger partial charge in [-0.2, -0.15) is 0 Å². The van der Waals surface area contributed by atoms with Crippen LogP contribution >= 0.6 is 15.9 Å². The van der Waals surface area contributed by atoms with Crippen LogP contribution < -0.4 is 0 Å². The summed E-state index contributed by atoms with van der Waals surface area (Å²) in [6.07, 6.45) is 3.84. The van der Waals surface area contributed by atoms with Gasteiger partial charge in [0.05, 0.1) is 18.2 Å². The van der Waals surface area contributed by atoms with Crippen molar-refractivity contribution in [2.45, 2.75) is 13.0 Å². The van der Waals surface area contributed by atoms with Crippen LogP contribution in [0.1, 0.15) is 31.8 Å². The Kier molecular flexibility index (Phi) is 4.43. The van der Waals surface area contributed by atoms with Gasteiger partial charge in [-0.15, -0.1) is 0 Å². The van der Waals surface area contributed by atoms with E-state index in [1.165, 1.54) is 13.3 Å². The van der Waals surface area contributed by atoms with Crippen LogP contribution in [0.25, 0.3) is 0 Å². The van der Waals surface area contributed by atoms with Gasteiger partial charge in [0.2, 0.25) is 0 Å². The third-order valence-corrected chi connectivity index (χ3v) is 4.63. The van der Waals surface area contributed by atoms with Crippen molar-refractivity contribution >= 4 is 27.8 Å². The topological polar surface area (TPSA) is 59.5 Å². The highest BCUT2D eigenvalue weighted by molar-refractivity contribution is 9.10. The molecule has 1 aliphatic rings. The molecule has 5 nitrogen and oxygen atoms in total. The Morgan fingerprint density at radius 2 is 2.00 bits per heavy atom. The summed E-state index contributed by atoms with van der Waals surface area (Å²) < 4.78 is 5.57. The van der Waals surface area contributed by atoms with E-state index in [0.717, 1.165) is 15.6 Å². The maximum absolute atomic E-state index is 12.7. The zero-order chi connectivity index (χ0) is 16.4. The molecule has 1 aromatic heterocycles. The molecule has 0 aliphatic carbocycles. The first kappa shape index (κ1) is 15.7. The Labute approximate surface area is 142 Å². The van der Waals surface area contributed by atoms with Crippen molar-refractivity contribution in [3.05, 3.63) is 63.4 Å². The number of esters is 1. The summed E-state index contributed by atoms with van der Waals surface area (Å²) in [5, 5.41) is 0. The minimum absolute atomic E-state index is 0.0356. The number of amides is 1. The van der Waals surface area contributed by atoms with Gasteiger partial charge in [-0.05, 0) is 45.6 Å². The Morgan fingerprint density at radius 3 is 2.74 bits per heavy atom. The smallest absolute Gasteiger partial charge is 0.339 e. The van der Waals surface area contributed by atoms with Gasteiger partial charge in [0.1, 0.15) is 0 Å². The second-order valence-electron chi connectivity index (χ2n) is 5.27. The molecule has 1 amide bonds. The summed E-state index contributed by atoms with van der Waals surface area (Å²) in [5.41, 5.74) is 2.92. The third-order valence-electron chi connectivity index (χ3n) is 3.94. The minimum atomic E-state index is -0.389. The van der Waals surface area contributed by atoms with Crippen molar-refractivity contribution in [3.63, 3.8) is 0 Å². The number of nitrogens with zero attached hydrogens (tertiary/aromatic N) is 2. The van der Waals surface area contributed by atoms with E-state index in [2.05, 4.69) is 20.9 Å². The van der Waals surface area contributed by atoms with Crippen molar-refractivity contribution in [1.82, 2.24) is 9.88 Å². The lowest BCUT2D eigenvalue weighted by Crippen LogP contribution is -2.37. The maximum atomic E-state index is 12.7. The average Bonchev–Trinajstić information content (AvgIpc) is 2.60. The van der Waals surface area contributed by atoms with Crippen LogP contribution in [-0.2, 0) is 17.7 Å². The Bertz CT molecular complexity index is 776. The van der Waals surface area contributed by atoms with Crippen LogP contribution in [-0.4, -0.2) is 35.4 Å². The van der Waals surface area contributed by atoms with E-state index in [4.69, 9.17) is 4.74 Å². The summed E-state index contributed by atoms with van der Waals surface area (Å²) in [6, 6.07) is 7.36. The number of halogens is 1. The SMILES string of the molecule is COC(=O)c1cncc2c1CCN(C(=O)c1ccccc1Br)C2. The first-order chi connectivity index (χ1) is 11.1. The number of hydrogen-bond acceptors (Lipinski definition) is 4. The Balaban J connectivity index is 1.88. The summed E-state index contributed by atoms with van der Waals surface area (Å²) in [5.74, 6) is -0.425. The third kappa shape index (κ3) is 2.99. The number of aromatic nitrogens is 1. The number of benzene rings is 1. The average molecular weight is 375 g/mol. The highest BCUT2D eigenvalue weighted by atomic mass is 79.9. The van der Waals surface area contributed by atoms with E-state index in [1.54, 1.807) is 17.2 Å². The van der Waals surface area contributed by atoms with Gasteiger partial charge in [-0.3, -0.25) is 9.78 Å². The summed E-state index contributed by atoms with van der Waals surface area (Å²) >= 11 is 3.41. The van der Waals surface area contributed by atoms with Crippen LogP contribution in [0.5, 0.6) is 0 Å². The lowest BCUT2D eigenvalue weighted by molar-refractivity contribution is 0.0598. The van der Waals surface area contributed by atoms with Gasteiger partial charge in [0.25, 0.3) is 5.91 Å². The first-order valence-electron chi connectivity index (χ1n) is 7.19. The van der Waals surface area contributed by atoms with Crippen LogP contribution in [0, 0.1) is 0 Å². The molecule has 23 heavy (non-hydrogen) atoms. The Morgan fingerprint density at radius 1 is 1.22 bits per heavy atom. The molecule has 6 heteroatoms. The van der Waals surface area contributed by atoms with E-state index >= 15 is 0 Å². The van der Waals surface area contributed by atoms with Crippen molar-refractivity contribution in [2.24, 2.45) is 0 Å². The zero-order valence-corrected chi connectivity index (χ0v) is 14.2. The largest absolute Gasteiger partial charge is 0.465 e. The summed E-state index contributed by atoms with van der Waals surface area (Å²) in [6.45, 7) is 0.995. The summed E-state index contributed by atoms with van der Waals surface area (Å²) in [7, 11) is 1.35. The zero-order valence-electron chi connectivity index (χ0n) is 12.6. The molecular weight excluding hydrogens is 360 g/mol. The minimum Gasteiger partial charge on any atom is -0.465 e. The standard InChI is InChI=1S/C17H15BrN2O3/c1-23-17(22)14-9-19-8-11-10-20(7-6-12(11)14)16(21)13-4-2-3-5-15(13)18/h2-5,8-9H,6-7,10H2,1H3. The van der Waals surface area contributed by atoms with Gasteiger partial charge in [-0.1, -0.05) is 12.1 Å².